The van der Waals surface area contributed by atoms with Crippen molar-refractivity contribution in [3.63, 3.8) is 0 Å². The second kappa shape index (κ2) is 6.87. The van der Waals surface area contributed by atoms with Crippen LogP contribution in [0.15, 0.2) is 42.5 Å². The molecular formula is C16H15FN2O4. The van der Waals surface area contributed by atoms with Crippen LogP contribution < -0.4 is 10.1 Å². The van der Waals surface area contributed by atoms with Gasteiger partial charge in [0.1, 0.15) is 0 Å². The Balaban J connectivity index is 2.15. The highest BCUT2D eigenvalue weighted by atomic mass is 19.1. The Bertz CT molecular complexity index is 749. The molecule has 0 spiro atoms. The van der Waals surface area contributed by atoms with Crippen LogP contribution in [-0.2, 0) is 0 Å². The van der Waals surface area contributed by atoms with Crippen LogP contribution in [0.1, 0.15) is 28.9 Å². The van der Waals surface area contributed by atoms with Crippen LogP contribution in [0.5, 0.6) is 5.75 Å². The van der Waals surface area contributed by atoms with Crippen LogP contribution in [0.2, 0.25) is 0 Å². The minimum absolute atomic E-state index is 0.117. The number of benzene rings is 2. The lowest BCUT2D eigenvalue weighted by molar-refractivity contribution is -0.384. The van der Waals surface area contributed by atoms with Crippen molar-refractivity contribution in [2.75, 3.05) is 7.11 Å². The molecule has 7 heteroatoms. The zero-order valence-electron chi connectivity index (χ0n) is 12.6. The minimum atomic E-state index is -0.570. The highest BCUT2D eigenvalue weighted by molar-refractivity contribution is 5.95. The van der Waals surface area contributed by atoms with Crippen molar-refractivity contribution >= 4 is 11.6 Å². The molecule has 2 aromatic carbocycles. The van der Waals surface area contributed by atoms with Crippen LogP contribution in [-0.4, -0.2) is 17.9 Å². The summed E-state index contributed by atoms with van der Waals surface area (Å²) in [7, 11) is 1.37. The van der Waals surface area contributed by atoms with Crippen LogP contribution in [0, 0.1) is 15.9 Å². The van der Waals surface area contributed by atoms with E-state index in [1.165, 1.54) is 43.5 Å². The van der Waals surface area contributed by atoms with Gasteiger partial charge in [0, 0.05) is 17.7 Å². The first kappa shape index (κ1) is 16.4. The summed E-state index contributed by atoms with van der Waals surface area (Å²) in [5, 5.41) is 13.4. The van der Waals surface area contributed by atoms with Gasteiger partial charge < -0.3 is 10.1 Å². The Morgan fingerprint density at radius 1 is 1.30 bits per heavy atom. The molecule has 0 bridgehead atoms. The molecule has 120 valence electrons. The molecule has 6 nitrogen and oxygen atoms in total. The summed E-state index contributed by atoms with van der Waals surface area (Å²) in [6.07, 6.45) is 0. The summed E-state index contributed by atoms with van der Waals surface area (Å²) >= 11 is 0. The maximum Gasteiger partial charge on any atom is 0.270 e. The first-order valence-electron chi connectivity index (χ1n) is 6.81. The van der Waals surface area contributed by atoms with E-state index in [1.807, 2.05) is 0 Å². The molecule has 0 saturated heterocycles. The number of halogens is 1. The van der Waals surface area contributed by atoms with E-state index in [9.17, 15) is 19.3 Å². The number of hydrogen-bond acceptors (Lipinski definition) is 4. The summed E-state index contributed by atoms with van der Waals surface area (Å²) < 4.78 is 18.5. The largest absolute Gasteiger partial charge is 0.494 e. The summed E-state index contributed by atoms with van der Waals surface area (Å²) in [4.78, 5) is 22.3. The highest BCUT2D eigenvalue weighted by Crippen LogP contribution is 2.22. The third-order valence-corrected chi connectivity index (χ3v) is 3.34. The van der Waals surface area contributed by atoms with Gasteiger partial charge in [0.15, 0.2) is 11.6 Å². The van der Waals surface area contributed by atoms with Gasteiger partial charge in [-0.1, -0.05) is 12.1 Å². The molecule has 0 radical (unpaired) electrons. The molecule has 2 rings (SSSR count). The predicted molar refractivity (Wildman–Crippen MR) is 81.9 cm³/mol. The number of rotatable bonds is 5. The average Bonchev–Trinajstić information content (AvgIpc) is 2.54. The molecular weight excluding hydrogens is 303 g/mol. The van der Waals surface area contributed by atoms with Gasteiger partial charge >= 0.3 is 0 Å². The molecule has 0 aliphatic carbocycles. The molecule has 0 aromatic heterocycles. The Labute approximate surface area is 132 Å². The SMILES string of the molecule is COc1ccc([C@@H](C)NC(=O)c2cccc([N+](=O)[O-])c2)cc1F. The Hall–Kier alpha value is -2.96. The van der Waals surface area contributed by atoms with E-state index in [-0.39, 0.29) is 17.0 Å². The third kappa shape index (κ3) is 3.82. The number of nitro groups is 1. The topological polar surface area (TPSA) is 81.5 Å². The van der Waals surface area contributed by atoms with Crippen molar-refractivity contribution in [3.05, 3.63) is 69.5 Å². The van der Waals surface area contributed by atoms with Crippen molar-refractivity contribution in [1.82, 2.24) is 5.32 Å². The third-order valence-electron chi connectivity index (χ3n) is 3.34. The fraction of sp³-hybridized carbons (Fsp3) is 0.188. The molecule has 0 fully saturated rings. The maximum atomic E-state index is 13.7. The van der Waals surface area contributed by atoms with Crippen molar-refractivity contribution in [2.45, 2.75) is 13.0 Å². The molecule has 1 atom stereocenters. The quantitative estimate of drug-likeness (QED) is 0.678. The molecule has 0 aliphatic heterocycles. The highest BCUT2D eigenvalue weighted by Gasteiger charge is 2.15. The minimum Gasteiger partial charge on any atom is -0.494 e. The van der Waals surface area contributed by atoms with Crippen LogP contribution in [0.25, 0.3) is 0 Å². The molecule has 2 aromatic rings. The molecule has 0 unspecified atom stereocenters. The summed E-state index contributed by atoms with van der Waals surface area (Å²) in [6.45, 7) is 1.69. The Morgan fingerprint density at radius 2 is 2.04 bits per heavy atom. The number of carbonyl (C=O) groups excluding carboxylic acids is 1. The number of nitrogens with zero attached hydrogens (tertiary/aromatic N) is 1. The predicted octanol–water partition coefficient (Wildman–Crippen LogP) is 3.23. The van der Waals surface area contributed by atoms with Crippen LogP contribution in [0.4, 0.5) is 10.1 Å². The van der Waals surface area contributed by atoms with E-state index in [1.54, 1.807) is 13.0 Å². The lowest BCUT2D eigenvalue weighted by atomic mass is 10.1. The van der Waals surface area contributed by atoms with Gasteiger partial charge in [0.2, 0.25) is 0 Å². The smallest absolute Gasteiger partial charge is 0.270 e. The van der Waals surface area contributed by atoms with Gasteiger partial charge in [-0.25, -0.2) is 4.39 Å². The Morgan fingerprint density at radius 3 is 2.65 bits per heavy atom. The molecule has 1 amide bonds. The lowest BCUT2D eigenvalue weighted by Gasteiger charge is -2.15. The van der Waals surface area contributed by atoms with E-state index in [0.717, 1.165) is 0 Å². The standard InChI is InChI=1S/C16H15FN2O4/c1-10(11-6-7-15(23-2)14(17)9-11)18-16(20)12-4-3-5-13(8-12)19(21)22/h3-10H,1-2H3,(H,18,20)/t10-/m1/s1. The fourth-order valence-corrected chi connectivity index (χ4v) is 2.08. The van der Waals surface area contributed by atoms with Crippen molar-refractivity contribution in [1.29, 1.82) is 0 Å². The van der Waals surface area contributed by atoms with E-state index >= 15 is 0 Å². The molecule has 0 heterocycles. The van der Waals surface area contributed by atoms with Gasteiger partial charge in [0.25, 0.3) is 11.6 Å². The van der Waals surface area contributed by atoms with Crippen molar-refractivity contribution in [3.8, 4) is 5.75 Å². The second-order valence-corrected chi connectivity index (χ2v) is 4.90. The van der Waals surface area contributed by atoms with Gasteiger partial charge in [-0.15, -0.1) is 0 Å². The van der Waals surface area contributed by atoms with Gasteiger partial charge in [-0.3, -0.25) is 14.9 Å². The number of nitro benzene ring substituents is 1. The molecule has 0 aliphatic rings. The zero-order valence-corrected chi connectivity index (χ0v) is 12.6. The molecule has 23 heavy (non-hydrogen) atoms. The number of nitrogens with one attached hydrogen (secondary N) is 1. The first-order valence-corrected chi connectivity index (χ1v) is 6.81. The van der Waals surface area contributed by atoms with Crippen molar-refractivity contribution < 1.29 is 18.8 Å². The number of non-ortho nitro benzene ring substituents is 1. The zero-order chi connectivity index (χ0) is 17.0. The van der Waals surface area contributed by atoms with Crippen LogP contribution >= 0.6 is 0 Å². The van der Waals surface area contributed by atoms with E-state index < -0.39 is 22.7 Å². The number of amides is 1. The first-order chi connectivity index (χ1) is 10.9. The molecule has 1 N–H and O–H groups in total. The van der Waals surface area contributed by atoms with Crippen molar-refractivity contribution in [2.24, 2.45) is 0 Å². The summed E-state index contributed by atoms with van der Waals surface area (Å²) in [5.74, 6) is -0.884. The number of ether oxygens (including phenoxy) is 1. The summed E-state index contributed by atoms with van der Waals surface area (Å²) in [5.41, 5.74) is 0.558. The fourth-order valence-electron chi connectivity index (χ4n) is 2.08. The van der Waals surface area contributed by atoms with E-state index in [0.29, 0.717) is 5.56 Å². The lowest BCUT2D eigenvalue weighted by Crippen LogP contribution is -2.26. The average molecular weight is 318 g/mol. The number of methoxy groups -OCH3 is 1. The molecule has 0 saturated carbocycles. The Kier molecular flexibility index (Phi) is 4.90. The normalized spacial score (nSPS) is 11.6. The monoisotopic (exact) mass is 318 g/mol. The van der Waals surface area contributed by atoms with E-state index in [4.69, 9.17) is 4.74 Å². The van der Waals surface area contributed by atoms with Gasteiger partial charge in [-0.2, -0.15) is 0 Å². The van der Waals surface area contributed by atoms with Gasteiger partial charge in [0.05, 0.1) is 18.1 Å². The van der Waals surface area contributed by atoms with Gasteiger partial charge in [-0.05, 0) is 30.7 Å². The number of hydrogen-bond donors (Lipinski definition) is 1. The number of carbonyl (C=O) groups is 1. The van der Waals surface area contributed by atoms with E-state index in [2.05, 4.69) is 5.32 Å². The maximum absolute atomic E-state index is 13.7. The summed E-state index contributed by atoms with van der Waals surface area (Å²) in [6, 6.07) is 9.32. The second-order valence-electron chi connectivity index (χ2n) is 4.90. The van der Waals surface area contributed by atoms with Crippen LogP contribution in [0.3, 0.4) is 0 Å².